The number of piperidine rings is 1. The van der Waals surface area contributed by atoms with Gasteiger partial charge in [0.05, 0.1) is 15.9 Å². The van der Waals surface area contributed by atoms with E-state index in [0.717, 1.165) is 53.0 Å². The number of hydrogen-bond donors (Lipinski definition) is 3. The number of rotatable bonds is 11. The average Bonchev–Trinajstić information content (AvgIpc) is 3.69. The number of amides is 3. The predicted octanol–water partition coefficient (Wildman–Crippen LogP) is 8.79. The van der Waals surface area contributed by atoms with E-state index >= 15 is 0 Å². The number of carbonyl (C=O) groups excluding carboxylic acids is 2. The molecule has 1 aliphatic heterocycles. The van der Waals surface area contributed by atoms with Crippen LogP contribution >= 0.6 is 23.1 Å². The summed E-state index contributed by atoms with van der Waals surface area (Å²) in [5, 5.41) is 10.6. The number of likely N-dealkylation sites (tertiary alicyclic amines) is 1. The maximum absolute atomic E-state index is 13.1. The molecular formula is C36H40N6O2S2. The third-order valence-corrected chi connectivity index (χ3v) is 10.4. The molecule has 0 atom stereocenters. The van der Waals surface area contributed by atoms with Gasteiger partial charge in [0.25, 0.3) is 5.91 Å². The largest absolute Gasteiger partial charge is 0.335 e. The molecule has 0 radical (unpaired) electrons. The lowest BCUT2D eigenvalue weighted by molar-refractivity contribution is 0.102. The molecular weight excluding hydrogens is 613 g/mol. The van der Waals surface area contributed by atoms with E-state index in [2.05, 4.69) is 74.7 Å². The number of benzene rings is 3. The first-order valence-corrected chi connectivity index (χ1v) is 17.7. The van der Waals surface area contributed by atoms with Crippen molar-refractivity contribution in [1.29, 1.82) is 0 Å². The van der Waals surface area contributed by atoms with Crippen LogP contribution < -0.4 is 16.0 Å². The van der Waals surface area contributed by atoms with Crippen LogP contribution in [-0.2, 0) is 6.54 Å². The fourth-order valence-electron chi connectivity index (χ4n) is 5.82. The number of anilines is 2. The van der Waals surface area contributed by atoms with Gasteiger partial charge in [0.1, 0.15) is 0 Å². The Morgan fingerprint density at radius 2 is 1.65 bits per heavy atom. The maximum Gasteiger partial charge on any atom is 0.319 e. The molecule has 0 bridgehead atoms. The highest BCUT2D eigenvalue weighted by Crippen LogP contribution is 2.35. The highest BCUT2D eigenvalue weighted by atomic mass is 32.2. The molecule has 0 unspecified atom stereocenters. The summed E-state index contributed by atoms with van der Waals surface area (Å²) in [5.74, 6) is -0.192. The van der Waals surface area contributed by atoms with Gasteiger partial charge in [-0.1, -0.05) is 61.6 Å². The van der Waals surface area contributed by atoms with Crippen molar-refractivity contribution in [1.82, 2.24) is 19.8 Å². The minimum atomic E-state index is -0.192. The predicted molar refractivity (Wildman–Crippen MR) is 190 cm³/mol. The van der Waals surface area contributed by atoms with Crippen molar-refractivity contribution < 1.29 is 9.59 Å². The standard InChI is InChI=1S/C36H40N6O2S2/c1-3-27(4-2)38-35(44)39-28-14-18-30(19-15-28)45-33-22-37-36(46-33)40-34(43)25-12-16-29(17-13-25)42-24-26(23-41-20-8-5-9-21-41)31-10-6-7-11-32(31)42/h6-7,10-19,22,24,27H,3-5,8-9,20-21,23H2,1-2H3,(H,37,40,43)(H2,38,39,44). The van der Waals surface area contributed by atoms with E-state index in [1.165, 1.54) is 47.1 Å². The lowest BCUT2D eigenvalue weighted by Gasteiger charge is -2.26. The van der Waals surface area contributed by atoms with Crippen LogP contribution in [0.5, 0.6) is 0 Å². The number of urea groups is 1. The van der Waals surface area contributed by atoms with Crippen LogP contribution in [0.2, 0.25) is 0 Å². The molecule has 3 N–H and O–H groups in total. The molecule has 1 saturated heterocycles. The van der Waals surface area contributed by atoms with Crippen molar-refractivity contribution in [3.63, 3.8) is 0 Å². The van der Waals surface area contributed by atoms with E-state index in [-0.39, 0.29) is 18.0 Å². The normalized spacial score (nSPS) is 13.6. The van der Waals surface area contributed by atoms with Gasteiger partial charge in [0.15, 0.2) is 5.13 Å². The van der Waals surface area contributed by atoms with E-state index in [0.29, 0.717) is 10.7 Å². The molecule has 0 saturated carbocycles. The van der Waals surface area contributed by atoms with Crippen LogP contribution in [0.15, 0.2) is 94.3 Å². The molecule has 2 aromatic heterocycles. The Bertz CT molecular complexity index is 1770. The molecule has 3 heterocycles. The van der Waals surface area contributed by atoms with Gasteiger partial charge in [-0.3, -0.25) is 15.0 Å². The molecule has 6 rings (SSSR count). The number of fused-ring (bicyclic) bond motifs is 1. The number of carbonyl (C=O) groups is 2. The van der Waals surface area contributed by atoms with Gasteiger partial charge < -0.3 is 15.2 Å². The van der Waals surface area contributed by atoms with E-state index < -0.39 is 0 Å². The Balaban J connectivity index is 1.06. The molecule has 3 amide bonds. The maximum atomic E-state index is 13.1. The van der Waals surface area contributed by atoms with Gasteiger partial charge in [-0.2, -0.15) is 0 Å². The first-order valence-electron chi connectivity index (χ1n) is 16.0. The van der Waals surface area contributed by atoms with Crippen molar-refractivity contribution in [3.05, 3.63) is 96.3 Å². The fraction of sp³-hybridized carbons (Fsp3) is 0.306. The van der Waals surface area contributed by atoms with Crippen LogP contribution in [0.4, 0.5) is 15.6 Å². The molecule has 1 fully saturated rings. The highest BCUT2D eigenvalue weighted by molar-refractivity contribution is 8.01. The van der Waals surface area contributed by atoms with Gasteiger partial charge in [0.2, 0.25) is 0 Å². The van der Waals surface area contributed by atoms with E-state index in [1.807, 2.05) is 48.5 Å². The van der Waals surface area contributed by atoms with Gasteiger partial charge in [-0.15, -0.1) is 0 Å². The number of hydrogen-bond acceptors (Lipinski definition) is 6. The van der Waals surface area contributed by atoms with E-state index in [1.54, 1.807) is 18.0 Å². The quantitative estimate of drug-likeness (QED) is 0.133. The Morgan fingerprint density at radius 3 is 2.39 bits per heavy atom. The second-order valence-corrected chi connectivity index (χ2v) is 14.0. The fourth-order valence-corrected chi connectivity index (χ4v) is 7.67. The first-order chi connectivity index (χ1) is 22.5. The lowest BCUT2D eigenvalue weighted by Crippen LogP contribution is -2.37. The number of aromatic nitrogens is 2. The van der Waals surface area contributed by atoms with Crippen LogP contribution in [-0.4, -0.2) is 45.5 Å². The Hall–Kier alpha value is -4.12. The molecule has 0 aliphatic carbocycles. The number of nitrogens with zero attached hydrogens (tertiary/aromatic N) is 3. The second-order valence-electron chi connectivity index (χ2n) is 11.6. The molecule has 0 spiro atoms. The molecule has 46 heavy (non-hydrogen) atoms. The highest BCUT2D eigenvalue weighted by Gasteiger charge is 2.16. The SMILES string of the molecule is CCC(CC)NC(=O)Nc1ccc(Sc2cnc(NC(=O)c3ccc(-n4cc(CN5CCCCC5)c5ccccc54)cc3)s2)cc1. The number of para-hydroxylation sites is 1. The summed E-state index contributed by atoms with van der Waals surface area (Å²) in [4.78, 5) is 33.3. The van der Waals surface area contributed by atoms with E-state index in [4.69, 9.17) is 0 Å². The summed E-state index contributed by atoms with van der Waals surface area (Å²) in [6.07, 6.45) is 9.69. The van der Waals surface area contributed by atoms with Crippen molar-refractivity contribution in [3.8, 4) is 5.69 Å². The van der Waals surface area contributed by atoms with Crippen LogP contribution in [0.25, 0.3) is 16.6 Å². The van der Waals surface area contributed by atoms with Crippen molar-refractivity contribution in [2.45, 2.75) is 67.6 Å². The summed E-state index contributed by atoms with van der Waals surface area (Å²) in [7, 11) is 0. The summed E-state index contributed by atoms with van der Waals surface area (Å²) < 4.78 is 3.18. The molecule has 5 aromatic rings. The van der Waals surface area contributed by atoms with Crippen LogP contribution in [0.1, 0.15) is 61.9 Å². The molecule has 238 valence electrons. The summed E-state index contributed by atoms with van der Waals surface area (Å²) in [5.41, 5.74) is 4.85. The zero-order valence-electron chi connectivity index (χ0n) is 26.3. The van der Waals surface area contributed by atoms with Crippen molar-refractivity contribution in [2.75, 3.05) is 23.7 Å². The Morgan fingerprint density at radius 1 is 0.913 bits per heavy atom. The third-order valence-electron chi connectivity index (χ3n) is 8.40. The smallest absolute Gasteiger partial charge is 0.319 e. The number of thiazole rings is 1. The monoisotopic (exact) mass is 652 g/mol. The minimum absolute atomic E-state index is 0.170. The zero-order valence-corrected chi connectivity index (χ0v) is 27.9. The topological polar surface area (TPSA) is 91.3 Å². The van der Waals surface area contributed by atoms with Crippen molar-refractivity contribution >= 4 is 56.8 Å². The average molecular weight is 653 g/mol. The Kier molecular flexibility index (Phi) is 10.4. The zero-order chi connectivity index (χ0) is 31.9. The molecule has 1 aliphatic rings. The summed E-state index contributed by atoms with van der Waals surface area (Å²) >= 11 is 2.99. The summed E-state index contributed by atoms with van der Waals surface area (Å²) in [6, 6.07) is 24.0. The van der Waals surface area contributed by atoms with Gasteiger partial charge >= 0.3 is 6.03 Å². The van der Waals surface area contributed by atoms with Crippen LogP contribution in [0, 0.1) is 0 Å². The third kappa shape index (κ3) is 7.81. The van der Waals surface area contributed by atoms with Gasteiger partial charge in [0, 0.05) is 46.0 Å². The molecule has 10 heteroatoms. The Labute approximate surface area is 278 Å². The van der Waals surface area contributed by atoms with Gasteiger partial charge in [-0.05, 0) is 98.9 Å². The lowest BCUT2D eigenvalue weighted by atomic mass is 10.1. The second kappa shape index (κ2) is 15.0. The first kappa shape index (κ1) is 31.8. The van der Waals surface area contributed by atoms with Crippen molar-refractivity contribution in [2.24, 2.45) is 0 Å². The van der Waals surface area contributed by atoms with Crippen LogP contribution in [0.3, 0.4) is 0 Å². The number of nitrogens with one attached hydrogen (secondary N) is 3. The molecule has 3 aromatic carbocycles. The summed E-state index contributed by atoms with van der Waals surface area (Å²) in [6.45, 7) is 7.40. The minimum Gasteiger partial charge on any atom is -0.335 e. The molecule has 8 nitrogen and oxygen atoms in total. The van der Waals surface area contributed by atoms with E-state index in [9.17, 15) is 9.59 Å². The van der Waals surface area contributed by atoms with Gasteiger partial charge in [-0.25, -0.2) is 9.78 Å².